The summed E-state index contributed by atoms with van der Waals surface area (Å²) < 4.78 is 5.57. The molecular formula is C11H12N2O3. The summed E-state index contributed by atoms with van der Waals surface area (Å²) in [5, 5.41) is 9.04. The maximum atomic E-state index is 11.0. The highest BCUT2D eigenvalue weighted by molar-refractivity contribution is 5.74. The normalized spacial score (nSPS) is 31.4. The van der Waals surface area contributed by atoms with Crippen LogP contribution in [0.3, 0.4) is 0 Å². The Hall–Kier alpha value is -1.59. The van der Waals surface area contributed by atoms with E-state index in [1.165, 1.54) is 0 Å². The van der Waals surface area contributed by atoms with E-state index in [-0.39, 0.29) is 12.0 Å². The zero-order valence-electron chi connectivity index (χ0n) is 8.51. The minimum Gasteiger partial charge on any atom is -0.493 e. The molecule has 0 aliphatic carbocycles. The van der Waals surface area contributed by atoms with Crippen molar-refractivity contribution in [2.75, 3.05) is 6.61 Å². The quantitative estimate of drug-likeness (QED) is 0.635. The van der Waals surface area contributed by atoms with Gasteiger partial charge < -0.3 is 9.84 Å². The second-order valence-electron chi connectivity index (χ2n) is 4.09. The van der Waals surface area contributed by atoms with E-state index in [0.717, 1.165) is 11.3 Å². The smallest absolute Gasteiger partial charge is 0.322 e. The van der Waals surface area contributed by atoms with E-state index in [0.29, 0.717) is 6.61 Å². The first kappa shape index (κ1) is 9.62. The molecule has 0 spiro atoms. The van der Waals surface area contributed by atoms with Crippen LogP contribution in [-0.4, -0.2) is 23.7 Å². The lowest BCUT2D eigenvalue weighted by Gasteiger charge is -2.28. The van der Waals surface area contributed by atoms with Crippen LogP contribution in [0.2, 0.25) is 0 Å². The first-order chi connectivity index (χ1) is 7.77. The van der Waals surface area contributed by atoms with Gasteiger partial charge in [-0.15, -0.1) is 0 Å². The Bertz CT molecular complexity index is 435. The highest BCUT2D eigenvalue weighted by atomic mass is 16.5. The molecule has 5 heteroatoms. The standard InChI is InChI=1S/C11H12N2O3/c14-11(15)10-7-5-16-8-4-2-1-3-6(8)9(7)12-13-10/h1-4,7,9-10,12-13H,5H2,(H,14,15). The van der Waals surface area contributed by atoms with Gasteiger partial charge in [-0.05, 0) is 6.07 Å². The van der Waals surface area contributed by atoms with E-state index in [1.54, 1.807) is 0 Å². The van der Waals surface area contributed by atoms with Crippen molar-refractivity contribution in [3.8, 4) is 5.75 Å². The van der Waals surface area contributed by atoms with Gasteiger partial charge in [-0.2, -0.15) is 0 Å². The van der Waals surface area contributed by atoms with Crippen LogP contribution in [0.25, 0.3) is 0 Å². The average Bonchev–Trinajstić information content (AvgIpc) is 2.73. The van der Waals surface area contributed by atoms with E-state index in [2.05, 4.69) is 10.9 Å². The second kappa shape index (κ2) is 3.47. The molecule has 1 saturated heterocycles. The number of hydrogen-bond acceptors (Lipinski definition) is 4. The van der Waals surface area contributed by atoms with Gasteiger partial charge in [0.1, 0.15) is 11.8 Å². The van der Waals surface area contributed by atoms with Crippen LogP contribution in [0, 0.1) is 5.92 Å². The summed E-state index contributed by atoms with van der Waals surface area (Å²) in [6.07, 6.45) is 0. The lowest BCUT2D eigenvalue weighted by molar-refractivity contribution is -0.140. The van der Waals surface area contributed by atoms with Gasteiger partial charge in [-0.3, -0.25) is 4.79 Å². The predicted molar refractivity (Wildman–Crippen MR) is 55.9 cm³/mol. The van der Waals surface area contributed by atoms with E-state index in [4.69, 9.17) is 9.84 Å². The van der Waals surface area contributed by atoms with Crippen molar-refractivity contribution in [2.45, 2.75) is 12.1 Å². The molecule has 3 N–H and O–H groups in total. The Labute approximate surface area is 92.4 Å². The average molecular weight is 220 g/mol. The molecule has 0 amide bonds. The van der Waals surface area contributed by atoms with Crippen LogP contribution < -0.4 is 15.6 Å². The molecule has 0 radical (unpaired) electrons. The molecule has 2 aliphatic heterocycles. The molecule has 0 bridgehead atoms. The Morgan fingerprint density at radius 2 is 2.19 bits per heavy atom. The fourth-order valence-corrected chi connectivity index (χ4v) is 2.39. The summed E-state index contributed by atoms with van der Waals surface area (Å²) in [6.45, 7) is 0.429. The Morgan fingerprint density at radius 3 is 3.00 bits per heavy atom. The van der Waals surface area contributed by atoms with Gasteiger partial charge in [0.2, 0.25) is 0 Å². The number of carboxylic acids is 1. The molecule has 0 aromatic heterocycles. The number of fused-ring (bicyclic) bond motifs is 3. The summed E-state index contributed by atoms with van der Waals surface area (Å²) in [5.74, 6) is -0.0699. The summed E-state index contributed by atoms with van der Waals surface area (Å²) >= 11 is 0. The first-order valence-corrected chi connectivity index (χ1v) is 5.23. The van der Waals surface area contributed by atoms with Crippen molar-refractivity contribution >= 4 is 5.97 Å². The maximum absolute atomic E-state index is 11.0. The molecule has 1 fully saturated rings. The zero-order chi connectivity index (χ0) is 11.1. The summed E-state index contributed by atoms with van der Waals surface area (Å²) in [6, 6.07) is 7.15. The SMILES string of the molecule is O=C(O)C1NNC2c3ccccc3OCC12. The number of nitrogens with one attached hydrogen (secondary N) is 2. The number of hydrogen-bond donors (Lipinski definition) is 3. The second-order valence-corrected chi connectivity index (χ2v) is 4.09. The summed E-state index contributed by atoms with van der Waals surface area (Å²) in [7, 11) is 0. The number of carboxylic acid groups (broad SMARTS) is 1. The molecule has 3 unspecified atom stereocenters. The van der Waals surface area contributed by atoms with Gasteiger partial charge in [0.25, 0.3) is 0 Å². The summed E-state index contributed by atoms with van der Waals surface area (Å²) in [4.78, 5) is 11.0. The molecule has 84 valence electrons. The Morgan fingerprint density at radius 1 is 1.38 bits per heavy atom. The van der Waals surface area contributed by atoms with Gasteiger partial charge in [0.05, 0.1) is 12.6 Å². The van der Waals surface area contributed by atoms with Crippen LogP contribution in [-0.2, 0) is 4.79 Å². The van der Waals surface area contributed by atoms with Crippen molar-refractivity contribution in [2.24, 2.45) is 5.92 Å². The number of rotatable bonds is 1. The first-order valence-electron chi connectivity index (χ1n) is 5.23. The molecule has 1 aromatic rings. The molecule has 3 atom stereocenters. The minimum atomic E-state index is -0.844. The van der Waals surface area contributed by atoms with Crippen molar-refractivity contribution < 1.29 is 14.6 Å². The van der Waals surface area contributed by atoms with Crippen LogP contribution >= 0.6 is 0 Å². The number of carbonyl (C=O) groups is 1. The molecular weight excluding hydrogens is 208 g/mol. The largest absolute Gasteiger partial charge is 0.493 e. The monoisotopic (exact) mass is 220 g/mol. The molecule has 5 nitrogen and oxygen atoms in total. The molecule has 0 saturated carbocycles. The van der Waals surface area contributed by atoms with Gasteiger partial charge in [0.15, 0.2) is 0 Å². The fourth-order valence-electron chi connectivity index (χ4n) is 2.39. The number of benzene rings is 1. The third kappa shape index (κ3) is 1.29. The van der Waals surface area contributed by atoms with Crippen molar-refractivity contribution in [1.82, 2.24) is 10.9 Å². The molecule has 1 aromatic carbocycles. The van der Waals surface area contributed by atoms with E-state index >= 15 is 0 Å². The lowest BCUT2D eigenvalue weighted by atomic mass is 9.88. The minimum absolute atomic E-state index is 0.0195. The van der Waals surface area contributed by atoms with Gasteiger partial charge in [0, 0.05) is 11.5 Å². The van der Waals surface area contributed by atoms with Crippen LogP contribution in [0.4, 0.5) is 0 Å². The number of ether oxygens (including phenoxy) is 1. The molecule has 16 heavy (non-hydrogen) atoms. The Kier molecular flexibility index (Phi) is 2.08. The van der Waals surface area contributed by atoms with Crippen LogP contribution in [0.1, 0.15) is 11.6 Å². The fraction of sp³-hybridized carbons (Fsp3) is 0.364. The van der Waals surface area contributed by atoms with Crippen molar-refractivity contribution in [1.29, 1.82) is 0 Å². The number of hydrazine groups is 1. The Balaban J connectivity index is 1.96. The van der Waals surface area contributed by atoms with Crippen molar-refractivity contribution in [3.05, 3.63) is 29.8 Å². The number of para-hydroxylation sites is 1. The van der Waals surface area contributed by atoms with Crippen LogP contribution in [0.15, 0.2) is 24.3 Å². The van der Waals surface area contributed by atoms with Crippen LogP contribution in [0.5, 0.6) is 5.75 Å². The van der Waals surface area contributed by atoms with E-state index < -0.39 is 12.0 Å². The van der Waals surface area contributed by atoms with Gasteiger partial charge >= 0.3 is 5.97 Å². The predicted octanol–water partition coefficient (Wildman–Crippen LogP) is 0.297. The van der Waals surface area contributed by atoms with E-state index in [9.17, 15) is 4.79 Å². The van der Waals surface area contributed by atoms with Crippen molar-refractivity contribution in [3.63, 3.8) is 0 Å². The highest BCUT2D eigenvalue weighted by Crippen LogP contribution is 2.38. The molecule has 2 aliphatic rings. The maximum Gasteiger partial charge on any atom is 0.322 e. The van der Waals surface area contributed by atoms with Gasteiger partial charge in [-0.25, -0.2) is 10.9 Å². The number of aliphatic carboxylic acids is 1. The topological polar surface area (TPSA) is 70.6 Å². The summed E-state index contributed by atoms with van der Waals surface area (Å²) in [5.41, 5.74) is 6.87. The highest BCUT2D eigenvalue weighted by Gasteiger charge is 2.44. The van der Waals surface area contributed by atoms with E-state index in [1.807, 2.05) is 24.3 Å². The zero-order valence-corrected chi connectivity index (χ0v) is 8.51. The molecule has 3 rings (SSSR count). The van der Waals surface area contributed by atoms with Gasteiger partial charge in [-0.1, -0.05) is 18.2 Å². The third-order valence-electron chi connectivity index (χ3n) is 3.20. The lowest BCUT2D eigenvalue weighted by Crippen LogP contribution is -2.40. The third-order valence-corrected chi connectivity index (χ3v) is 3.20. The molecule has 2 heterocycles.